The van der Waals surface area contributed by atoms with Gasteiger partial charge in [0.25, 0.3) is 0 Å². The number of nitrogens with zero attached hydrogens (tertiary/aromatic N) is 1. The van der Waals surface area contributed by atoms with Gasteiger partial charge in [-0.15, -0.1) is 0 Å². The molecule has 0 saturated heterocycles. The molecule has 3 N–H and O–H groups in total. The molecular weight excluding hydrogens is 312 g/mol. The third-order valence-electron chi connectivity index (χ3n) is 3.55. The maximum absolute atomic E-state index is 10.7. The van der Waals surface area contributed by atoms with Gasteiger partial charge in [-0.2, -0.15) is 4.99 Å². The first-order chi connectivity index (χ1) is 12.3. The van der Waals surface area contributed by atoms with E-state index in [1.54, 1.807) is 12.1 Å². The minimum Gasteiger partial charge on any atom is -0.353 e. The lowest BCUT2D eigenvalue weighted by atomic mass is 10.4. The summed E-state index contributed by atoms with van der Waals surface area (Å²) >= 11 is 0. The molecule has 25 heavy (non-hydrogen) atoms. The van der Waals surface area contributed by atoms with Gasteiger partial charge in [-0.3, -0.25) is 4.79 Å². The van der Waals surface area contributed by atoms with Gasteiger partial charge >= 0.3 is 0 Å². The Balaban J connectivity index is 1.77. The first kappa shape index (κ1) is 14.6. The molecule has 0 atom stereocenters. The fraction of sp³-hybridized carbons (Fsp3) is 0. The highest BCUT2D eigenvalue weighted by atomic mass is 16.1. The molecule has 5 nitrogen and oxygen atoms in total. The molecule has 5 heteroatoms. The molecule has 0 aliphatic carbocycles. The van der Waals surface area contributed by atoms with Crippen molar-refractivity contribution in [1.29, 1.82) is 0 Å². The van der Waals surface area contributed by atoms with E-state index in [0.717, 1.165) is 33.4 Å². The summed E-state index contributed by atoms with van der Waals surface area (Å²) in [5.41, 5.74) is 11.2. The first-order valence-electron chi connectivity index (χ1n) is 7.61. The molecule has 0 fully saturated rings. The number of hydrogen-bond acceptors (Lipinski definition) is 2. The number of hydrogen-bond donors (Lipinski definition) is 3. The zero-order valence-electron chi connectivity index (χ0n) is 13.1. The van der Waals surface area contributed by atoms with E-state index >= 15 is 0 Å². The highest BCUT2D eigenvalue weighted by molar-refractivity contribution is 5.73. The van der Waals surface area contributed by atoms with E-state index in [1.807, 2.05) is 36.4 Å². The van der Waals surface area contributed by atoms with E-state index in [1.165, 1.54) is 0 Å². The molecule has 1 aliphatic heterocycles. The lowest BCUT2D eigenvalue weighted by Gasteiger charge is -1.83. The van der Waals surface area contributed by atoms with Gasteiger partial charge in [0.1, 0.15) is 5.70 Å². The fourth-order valence-electron chi connectivity index (χ4n) is 2.43. The summed E-state index contributed by atoms with van der Waals surface area (Å²) in [5.74, 6) is 2.63. The van der Waals surface area contributed by atoms with Gasteiger partial charge in [0.05, 0.1) is 21.7 Å². The van der Waals surface area contributed by atoms with Crippen LogP contribution in [-0.4, -0.2) is 27.1 Å². The van der Waals surface area contributed by atoms with Gasteiger partial charge < -0.3 is 15.0 Å². The molecule has 3 aromatic rings. The van der Waals surface area contributed by atoms with Crippen molar-refractivity contribution in [2.24, 2.45) is 4.99 Å². The molecule has 4 rings (SSSR count). The quantitative estimate of drug-likeness (QED) is 0.440. The minimum atomic E-state index is 0.553. The first-order valence-corrected chi connectivity index (χ1v) is 7.61. The highest BCUT2D eigenvalue weighted by Gasteiger charge is 1.93. The molecule has 1 aliphatic rings. The highest BCUT2D eigenvalue weighted by Crippen LogP contribution is 1.99. The molecule has 3 aromatic heterocycles. The topological polar surface area (TPSA) is 76.8 Å². The van der Waals surface area contributed by atoms with Gasteiger partial charge in [-0.25, -0.2) is 0 Å². The lowest BCUT2D eigenvalue weighted by Crippen LogP contribution is -2.13. The van der Waals surface area contributed by atoms with Crippen LogP contribution in [0.25, 0.3) is 17.5 Å². The van der Waals surface area contributed by atoms with Crippen LogP contribution >= 0.6 is 0 Å². The molecular formula is C20H12N4O. The Hall–Kier alpha value is -3.96. The summed E-state index contributed by atoms with van der Waals surface area (Å²) in [6.45, 7) is 0. The Morgan fingerprint density at radius 2 is 1.64 bits per heavy atom. The summed E-state index contributed by atoms with van der Waals surface area (Å²) in [6, 6.07) is 11.3. The van der Waals surface area contributed by atoms with Gasteiger partial charge in [0.2, 0.25) is 0 Å². The Bertz CT molecular complexity index is 1340. The van der Waals surface area contributed by atoms with Crippen molar-refractivity contribution in [2.75, 3.05) is 0 Å². The van der Waals surface area contributed by atoms with E-state index in [0.29, 0.717) is 11.4 Å². The molecule has 0 amide bonds. The Kier molecular flexibility index (Phi) is 3.67. The number of aldehydes is 1. The molecule has 0 unspecified atom stereocenters. The second-order valence-corrected chi connectivity index (χ2v) is 5.39. The normalized spacial score (nSPS) is 12.6. The number of aromatic nitrogens is 3. The second-order valence-electron chi connectivity index (χ2n) is 5.39. The van der Waals surface area contributed by atoms with Crippen LogP contribution in [0.15, 0.2) is 58.9 Å². The molecule has 4 heterocycles. The van der Waals surface area contributed by atoms with Gasteiger partial charge in [0.15, 0.2) is 6.29 Å². The van der Waals surface area contributed by atoms with Crippen molar-refractivity contribution >= 4 is 29.7 Å². The average Bonchev–Trinajstić information content (AvgIpc) is 3.38. The van der Waals surface area contributed by atoms with E-state index in [4.69, 9.17) is 0 Å². The standard InChI is InChI=1S/C20H12N4O/c25-13-20-8-7-19(24-20)12-18-6-5-17(23-18)11-16-4-3-15(22-16)10-14-2-1-9-21-14/h2-8,12-13,22-24H. The number of carbonyl (C=O) groups excluding carboxylic acids is 1. The third kappa shape index (κ3) is 3.36. The number of nitrogens with one attached hydrogen (secondary N) is 3. The van der Waals surface area contributed by atoms with Crippen molar-refractivity contribution in [3.05, 3.63) is 86.7 Å². The number of aromatic amines is 3. The van der Waals surface area contributed by atoms with Crippen LogP contribution in [0.3, 0.4) is 0 Å². The predicted molar refractivity (Wildman–Crippen MR) is 94.8 cm³/mol. The molecule has 0 radical (unpaired) electrons. The molecule has 0 aromatic carbocycles. The maximum atomic E-state index is 10.7. The summed E-state index contributed by atoms with van der Waals surface area (Å²) in [7, 11) is 0. The Morgan fingerprint density at radius 3 is 2.40 bits per heavy atom. The minimum absolute atomic E-state index is 0.553. The molecule has 0 spiro atoms. The average molecular weight is 324 g/mol. The van der Waals surface area contributed by atoms with Crippen molar-refractivity contribution in [1.82, 2.24) is 15.0 Å². The van der Waals surface area contributed by atoms with Crippen LogP contribution < -0.4 is 21.4 Å². The van der Waals surface area contributed by atoms with Crippen LogP contribution in [-0.2, 0) is 0 Å². The lowest BCUT2D eigenvalue weighted by molar-refractivity contribution is 0.111. The van der Waals surface area contributed by atoms with Crippen molar-refractivity contribution < 1.29 is 4.79 Å². The van der Waals surface area contributed by atoms with Gasteiger partial charge in [-0.1, -0.05) is 11.5 Å². The Morgan fingerprint density at radius 1 is 0.880 bits per heavy atom. The zero-order chi connectivity index (χ0) is 17.1. The summed E-state index contributed by atoms with van der Waals surface area (Å²) < 4.78 is 0. The fourth-order valence-corrected chi connectivity index (χ4v) is 2.43. The Labute approximate surface area is 141 Å². The van der Waals surface area contributed by atoms with Crippen molar-refractivity contribution in [3.8, 4) is 0 Å². The third-order valence-corrected chi connectivity index (χ3v) is 3.55. The van der Waals surface area contributed by atoms with Crippen LogP contribution in [0, 0.1) is 0 Å². The van der Waals surface area contributed by atoms with Gasteiger partial charge in [-0.05, 0) is 48.2 Å². The number of rotatable bonds is 2. The van der Waals surface area contributed by atoms with Crippen LogP contribution in [0.1, 0.15) is 16.2 Å². The molecule has 118 valence electrons. The van der Waals surface area contributed by atoms with Crippen LogP contribution in [0.2, 0.25) is 0 Å². The SMILES string of the molecule is O=Cc1ccc(C=c2ccc(=C=c3ccc(=C=C4C=C=C=N4)[nH]3)[nH]2)[nH]1. The van der Waals surface area contributed by atoms with Crippen molar-refractivity contribution in [2.45, 2.75) is 0 Å². The number of allylic oxidation sites excluding steroid dienone is 1. The monoisotopic (exact) mass is 324 g/mol. The summed E-state index contributed by atoms with van der Waals surface area (Å²) in [5, 5.41) is 3.40. The number of H-pyrrole nitrogens is 3. The van der Waals surface area contributed by atoms with E-state index in [-0.39, 0.29) is 0 Å². The van der Waals surface area contributed by atoms with E-state index < -0.39 is 0 Å². The van der Waals surface area contributed by atoms with E-state index in [9.17, 15) is 4.79 Å². The second kappa shape index (κ2) is 6.27. The molecule has 0 bridgehead atoms. The van der Waals surface area contributed by atoms with Crippen molar-refractivity contribution in [3.63, 3.8) is 0 Å². The van der Waals surface area contributed by atoms with Crippen LogP contribution in [0.4, 0.5) is 0 Å². The largest absolute Gasteiger partial charge is 0.353 e. The maximum Gasteiger partial charge on any atom is 0.166 e. The number of carbonyl (C=O) groups is 1. The smallest absolute Gasteiger partial charge is 0.166 e. The number of aliphatic imine (C=N–C) groups is 1. The summed E-state index contributed by atoms with van der Waals surface area (Å²) in [4.78, 5) is 24.2. The predicted octanol–water partition coefficient (Wildman–Crippen LogP) is -0.279. The molecule has 0 saturated carbocycles. The van der Waals surface area contributed by atoms with Crippen LogP contribution in [0.5, 0.6) is 0 Å². The van der Waals surface area contributed by atoms with E-state index in [2.05, 4.69) is 43.0 Å². The van der Waals surface area contributed by atoms with Gasteiger partial charge in [0, 0.05) is 23.0 Å². The zero-order valence-corrected chi connectivity index (χ0v) is 13.1. The summed E-state index contributed by atoms with van der Waals surface area (Å²) in [6.07, 6.45) is 4.43.